The first-order valence-electron chi connectivity index (χ1n) is 5.45. The summed E-state index contributed by atoms with van der Waals surface area (Å²) in [7, 11) is 1.64. The molecule has 0 radical (unpaired) electrons. The number of benzene rings is 1. The molecule has 1 unspecified atom stereocenters. The number of halogens is 4. The first-order chi connectivity index (χ1) is 9.04. The Morgan fingerprint density at radius 1 is 1.21 bits per heavy atom. The predicted molar refractivity (Wildman–Crippen MR) is 69.2 cm³/mol. The molecule has 6 heteroatoms. The van der Waals surface area contributed by atoms with Crippen molar-refractivity contribution in [3.05, 3.63) is 63.6 Å². The summed E-state index contributed by atoms with van der Waals surface area (Å²) < 4.78 is 39.8. The highest BCUT2D eigenvalue weighted by Crippen LogP contribution is 2.31. The Balaban J connectivity index is 2.51. The molecule has 0 spiro atoms. The van der Waals surface area contributed by atoms with E-state index < -0.39 is 23.5 Å². The van der Waals surface area contributed by atoms with Crippen LogP contribution in [0.25, 0.3) is 0 Å². The third-order valence-corrected chi connectivity index (χ3v) is 3.53. The molecule has 0 amide bonds. The van der Waals surface area contributed by atoms with Gasteiger partial charge < -0.3 is 5.32 Å². The maximum Gasteiger partial charge on any atom is 0.173 e. The maximum atomic E-state index is 13.5. The van der Waals surface area contributed by atoms with E-state index >= 15 is 0 Å². The molecule has 1 aromatic carbocycles. The van der Waals surface area contributed by atoms with Gasteiger partial charge in [0.25, 0.3) is 0 Å². The minimum Gasteiger partial charge on any atom is -0.309 e. The lowest BCUT2D eigenvalue weighted by molar-refractivity contribution is 0.499. The fraction of sp³-hybridized carbons (Fsp3) is 0.154. The van der Waals surface area contributed by atoms with Crippen LogP contribution in [0.4, 0.5) is 13.2 Å². The molecule has 0 aliphatic heterocycles. The van der Waals surface area contributed by atoms with Crippen molar-refractivity contribution in [1.29, 1.82) is 0 Å². The molecule has 0 saturated heterocycles. The van der Waals surface area contributed by atoms with Crippen molar-refractivity contribution in [1.82, 2.24) is 10.3 Å². The van der Waals surface area contributed by atoms with Crippen LogP contribution in [0.5, 0.6) is 0 Å². The summed E-state index contributed by atoms with van der Waals surface area (Å²) in [6, 6.07) is 3.27. The predicted octanol–water partition coefficient (Wildman–Crippen LogP) is 3.57. The summed E-state index contributed by atoms with van der Waals surface area (Å²) in [5.41, 5.74) is 0.989. The second-order valence-electron chi connectivity index (χ2n) is 3.92. The van der Waals surface area contributed by atoms with E-state index in [-0.39, 0.29) is 4.47 Å². The molecule has 2 aromatic rings. The SMILES string of the molecule is CNC(c1cncc(F)c1)c1ccc(F)c(F)c1Br. The van der Waals surface area contributed by atoms with E-state index in [1.807, 2.05) is 0 Å². The van der Waals surface area contributed by atoms with Gasteiger partial charge in [-0.25, -0.2) is 13.2 Å². The van der Waals surface area contributed by atoms with Gasteiger partial charge in [-0.05, 0) is 46.2 Å². The smallest absolute Gasteiger partial charge is 0.173 e. The minimum absolute atomic E-state index is 0.0103. The molecular formula is C13H10BrF3N2. The Bertz CT molecular complexity index is 604. The monoisotopic (exact) mass is 330 g/mol. The second-order valence-corrected chi connectivity index (χ2v) is 4.72. The van der Waals surface area contributed by atoms with Crippen molar-refractivity contribution < 1.29 is 13.2 Å². The summed E-state index contributed by atoms with van der Waals surface area (Å²) in [5, 5.41) is 2.92. The van der Waals surface area contributed by atoms with Crippen molar-refractivity contribution in [2.24, 2.45) is 0 Å². The molecule has 19 heavy (non-hydrogen) atoms. The summed E-state index contributed by atoms with van der Waals surface area (Å²) in [4.78, 5) is 3.75. The molecule has 0 fully saturated rings. The Labute approximate surface area is 116 Å². The van der Waals surface area contributed by atoms with Gasteiger partial charge in [-0.1, -0.05) is 6.07 Å². The summed E-state index contributed by atoms with van der Waals surface area (Å²) in [6.45, 7) is 0. The number of hydrogen-bond acceptors (Lipinski definition) is 2. The molecule has 100 valence electrons. The third-order valence-electron chi connectivity index (χ3n) is 2.72. The van der Waals surface area contributed by atoms with Crippen LogP contribution in [-0.4, -0.2) is 12.0 Å². The lowest BCUT2D eigenvalue weighted by Crippen LogP contribution is -2.19. The van der Waals surface area contributed by atoms with Crippen molar-refractivity contribution in [2.75, 3.05) is 7.05 Å². The van der Waals surface area contributed by atoms with Crippen LogP contribution in [0, 0.1) is 17.5 Å². The normalized spacial score (nSPS) is 12.5. The number of pyridine rings is 1. The van der Waals surface area contributed by atoms with Crippen molar-refractivity contribution >= 4 is 15.9 Å². The largest absolute Gasteiger partial charge is 0.309 e. The average Bonchev–Trinajstić information content (AvgIpc) is 2.40. The van der Waals surface area contributed by atoms with E-state index in [0.29, 0.717) is 11.1 Å². The Morgan fingerprint density at radius 3 is 2.58 bits per heavy atom. The van der Waals surface area contributed by atoms with Gasteiger partial charge >= 0.3 is 0 Å². The number of aromatic nitrogens is 1. The first-order valence-corrected chi connectivity index (χ1v) is 6.25. The minimum atomic E-state index is -0.970. The summed E-state index contributed by atoms with van der Waals surface area (Å²) in [5.74, 6) is -2.40. The molecule has 0 saturated carbocycles. The van der Waals surface area contributed by atoms with E-state index in [2.05, 4.69) is 26.2 Å². The van der Waals surface area contributed by atoms with Crippen LogP contribution in [0.15, 0.2) is 35.1 Å². The zero-order valence-corrected chi connectivity index (χ0v) is 11.5. The van der Waals surface area contributed by atoms with Crippen LogP contribution >= 0.6 is 15.9 Å². The average molecular weight is 331 g/mol. The van der Waals surface area contributed by atoms with Crippen LogP contribution in [-0.2, 0) is 0 Å². The standard InChI is InChI=1S/C13H10BrF3N2/c1-18-13(7-4-8(15)6-19-5-7)9-2-3-10(16)12(17)11(9)14/h2-6,13,18H,1H3. The van der Waals surface area contributed by atoms with E-state index in [1.54, 1.807) is 7.05 Å². The Morgan fingerprint density at radius 2 is 1.95 bits per heavy atom. The highest BCUT2D eigenvalue weighted by Gasteiger charge is 2.20. The van der Waals surface area contributed by atoms with E-state index in [0.717, 1.165) is 12.3 Å². The fourth-order valence-corrected chi connectivity index (χ4v) is 2.40. The summed E-state index contributed by atoms with van der Waals surface area (Å²) >= 11 is 3.02. The molecule has 1 heterocycles. The van der Waals surface area contributed by atoms with Crippen LogP contribution in [0.1, 0.15) is 17.2 Å². The molecule has 0 bridgehead atoms. The van der Waals surface area contributed by atoms with Crippen LogP contribution in [0.2, 0.25) is 0 Å². The van der Waals surface area contributed by atoms with Gasteiger partial charge in [0.05, 0.1) is 16.7 Å². The molecule has 1 N–H and O–H groups in total. The van der Waals surface area contributed by atoms with Gasteiger partial charge in [0.15, 0.2) is 11.6 Å². The van der Waals surface area contributed by atoms with Crippen molar-refractivity contribution in [2.45, 2.75) is 6.04 Å². The van der Waals surface area contributed by atoms with Gasteiger partial charge in [0.1, 0.15) is 5.82 Å². The Hall–Kier alpha value is -1.40. The van der Waals surface area contributed by atoms with Gasteiger partial charge in [0, 0.05) is 6.20 Å². The van der Waals surface area contributed by atoms with E-state index in [1.165, 1.54) is 18.3 Å². The third kappa shape index (κ3) is 2.79. The molecule has 1 aromatic heterocycles. The lowest BCUT2D eigenvalue weighted by Gasteiger charge is -2.18. The zero-order chi connectivity index (χ0) is 14.0. The highest BCUT2D eigenvalue weighted by molar-refractivity contribution is 9.10. The van der Waals surface area contributed by atoms with Crippen LogP contribution in [0.3, 0.4) is 0 Å². The molecule has 2 rings (SSSR count). The van der Waals surface area contributed by atoms with Gasteiger partial charge in [-0.3, -0.25) is 4.98 Å². The number of nitrogens with zero attached hydrogens (tertiary/aromatic N) is 1. The number of hydrogen-bond donors (Lipinski definition) is 1. The zero-order valence-electron chi connectivity index (χ0n) is 9.92. The number of nitrogens with one attached hydrogen (secondary N) is 1. The number of rotatable bonds is 3. The quantitative estimate of drug-likeness (QED) is 0.870. The first kappa shape index (κ1) is 14.0. The van der Waals surface area contributed by atoms with E-state index in [9.17, 15) is 13.2 Å². The van der Waals surface area contributed by atoms with E-state index in [4.69, 9.17) is 0 Å². The van der Waals surface area contributed by atoms with Crippen molar-refractivity contribution in [3.8, 4) is 0 Å². The molecule has 2 nitrogen and oxygen atoms in total. The Kier molecular flexibility index (Phi) is 4.21. The summed E-state index contributed by atoms with van der Waals surface area (Å²) in [6.07, 6.45) is 2.55. The van der Waals surface area contributed by atoms with Gasteiger partial charge in [-0.2, -0.15) is 0 Å². The van der Waals surface area contributed by atoms with Gasteiger partial charge in [0.2, 0.25) is 0 Å². The molecule has 0 aliphatic carbocycles. The topological polar surface area (TPSA) is 24.9 Å². The van der Waals surface area contributed by atoms with Crippen molar-refractivity contribution in [3.63, 3.8) is 0 Å². The highest BCUT2D eigenvalue weighted by atomic mass is 79.9. The lowest BCUT2D eigenvalue weighted by atomic mass is 10.00. The second kappa shape index (κ2) is 5.71. The molecular weight excluding hydrogens is 321 g/mol. The maximum absolute atomic E-state index is 13.5. The fourth-order valence-electron chi connectivity index (χ4n) is 1.85. The molecule has 1 atom stereocenters. The van der Waals surface area contributed by atoms with Crippen LogP contribution < -0.4 is 5.32 Å². The molecule has 0 aliphatic rings. The van der Waals surface area contributed by atoms with Gasteiger partial charge in [-0.15, -0.1) is 0 Å².